The van der Waals surface area contributed by atoms with Gasteiger partial charge in [-0.05, 0) is 29.9 Å². The molecule has 2 atom stereocenters. The highest BCUT2D eigenvalue weighted by Gasteiger charge is 2.20. The van der Waals surface area contributed by atoms with Gasteiger partial charge in [-0.1, -0.05) is 38.1 Å². The summed E-state index contributed by atoms with van der Waals surface area (Å²) in [6.07, 6.45) is 1.44. The lowest BCUT2D eigenvalue weighted by atomic mass is 9.87. The number of esters is 1. The Morgan fingerprint density at radius 3 is 2.35 bits per heavy atom. The number of aliphatic hydroxyl groups excluding tert-OH is 1. The van der Waals surface area contributed by atoms with E-state index >= 15 is 0 Å². The highest BCUT2D eigenvalue weighted by Crippen LogP contribution is 2.28. The Kier molecular flexibility index (Phi) is 7.67. The predicted molar refractivity (Wildman–Crippen MR) is 86.6 cm³/mol. The molecule has 0 saturated heterocycles. The predicted octanol–water partition coefficient (Wildman–Crippen LogP) is 2.13. The van der Waals surface area contributed by atoms with E-state index in [1.165, 1.54) is 0 Å². The normalized spacial score (nSPS) is 14.3. The first-order valence-electron chi connectivity index (χ1n) is 7.58. The summed E-state index contributed by atoms with van der Waals surface area (Å²) in [5, 5.41) is 8.67. The summed E-state index contributed by atoms with van der Waals surface area (Å²) < 4.78 is 35.5. The lowest BCUT2D eigenvalue weighted by Crippen LogP contribution is -2.19. The molecular formula is C16H24O6S. The third kappa shape index (κ3) is 7.11. The Hall–Kier alpha value is -1.44. The number of ether oxygens (including phenoxy) is 1. The first-order valence-corrected chi connectivity index (χ1v) is 9.19. The second-order valence-electron chi connectivity index (χ2n) is 5.60. The minimum Gasteiger partial charge on any atom is -0.463 e. The number of benzene rings is 1. The monoisotopic (exact) mass is 344 g/mol. The van der Waals surface area contributed by atoms with E-state index in [9.17, 15) is 13.2 Å². The molecule has 7 heteroatoms. The van der Waals surface area contributed by atoms with Gasteiger partial charge in [0.05, 0.1) is 12.5 Å². The van der Waals surface area contributed by atoms with E-state index in [1.807, 2.05) is 19.1 Å². The van der Waals surface area contributed by atoms with Crippen LogP contribution in [-0.2, 0) is 25.4 Å². The van der Waals surface area contributed by atoms with Gasteiger partial charge < -0.3 is 9.84 Å². The summed E-state index contributed by atoms with van der Waals surface area (Å²) in [5.41, 5.74) is 1.52. The van der Waals surface area contributed by atoms with Gasteiger partial charge in [0, 0.05) is 0 Å². The van der Waals surface area contributed by atoms with Gasteiger partial charge in [0.2, 0.25) is 0 Å². The Bertz CT molecular complexity index is 594. The summed E-state index contributed by atoms with van der Waals surface area (Å²) in [5.74, 6) is -0.885. The molecule has 0 saturated carbocycles. The number of aliphatic hydroxyl groups is 1. The molecule has 1 rings (SSSR count). The first kappa shape index (κ1) is 19.6. The van der Waals surface area contributed by atoms with Crippen LogP contribution in [0.15, 0.2) is 24.3 Å². The fourth-order valence-corrected chi connectivity index (χ4v) is 3.06. The van der Waals surface area contributed by atoms with Gasteiger partial charge >= 0.3 is 5.97 Å². The second-order valence-corrected chi connectivity index (χ2v) is 7.05. The lowest BCUT2D eigenvalue weighted by molar-refractivity contribution is -0.149. The lowest BCUT2D eigenvalue weighted by Gasteiger charge is -2.19. The van der Waals surface area contributed by atoms with Crippen LogP contribution in [0, 0.1) is 5.92 Å². The van der Waals surface area contributed by atoms with Crippen LogP contribution in [0.5, 0.6) is 0 Å². The molecular weight excluding hydrogens is 320 g/mol. The molecule has 0 aliphatic heterocycles. The third-order valence-electron chi connectivity index (χ3n) is 3.67. The van der Waals surface area contributed by atoms with Crippen molar-refractivity contribution >= 4 is 16.1 Å². The first-order chi connectivity index (χ1) is 10.8. The number of rotatable bonds is 9. The number of hydrogen-bond acceptors (Lipinski definition) is 5. The zero-order chi connectivity index (χ0) is 17.5. The van der Waals surface area contributed by atoms with Crippen LogP contribution in [0.4, 0.5) is 0 Å². The highest BCUT2D eigenvalue weighted by molar-refractivity contribution is 7.85. The smallest absolute Gasteiger partial charge is 0.308 e. The van der Waals surface area contributed by atoms with Crippen LogP contribution < -0.4 is 0 Å². The zero-order valence-electron chi connectivity index (χ0n) is 13.4. The van der Waals surface area contributed by atoms with Crippen molar-refractivity contribution in [2.75, 3.05) is 13.2 Å². The summed E-state index contributed by atoms with van der Waals surface area (Å²) in [4.78, 5) is 11.8. The average Bonchev–Trinajstić information content (AvgIpc) is 2.49. The van der Waals surface area contributed by atoms with Crippen LogP contribution in [0.2, 0.25) is 0 Å². The van der Waals surface area contributed by atoms with Gasteiger partial charge in [-0.15, -0.1) is 0 Å². The maximum Gasteiger partial charge on any atom is 0.308 e. The van der Waals surface area contributed by atoms with E-state index in [2.05, 4.69) is 0 Å². The molecule has 2 N–H and O–H groups in total. The molecule has 1 aromatic rings. The van der Waals surface area contributed by atoms with Crippen molar-refractivity contribution in [2.45, 2.75) is 38.4 Å². The number of carbonyl (C=O) groups excluding carboxylic acids is 1. The minimum absolute atomic E-state index is 0.00426. The summed E-state index contributed by atoms with van der Waals surface area (Å²) in [6, 6.07) is 6.97. The van der Waals surface area contributed by atoms with E-state index in [0.717, 1.165) is 12.0 Å². The van der Waals surface area contributed by atoms with Gasteiger partial charge in [0.25, 0.3) is 10.1 Å². The Balaban J connectivity index is 2.72. The van der Waals surface area contributed by atoms with Gasteiger partial charge in [0.1, 0.15) is 12.4 Å². The van der Waals surface area contributed by atoms with E-state index in [1.54, 1.807) is 19.1 Å². The van der Waals surface area contributed by atoms with Crippen LogP contribution in [-0.4, -0.2) is 37.3 Å². The largest absolute Gasteiger partial charge is 0.463 e. The molecule has 0 aliphatic carbocycles. The third-order valence-corrected chi connectivity index (χ3v) is 4.37. The zero-order valence-corrected chi connectivity index (χ0v) is 14.3. The number of hydrogen-bond donors (Lipinski definition) is 2. The summed E-state index contributed by atoms with van der Waals surface area (Å²) in [7, 11) is -4.04. The molecule has 23 heavy (non-hydrogen) atoms. The molecule has 1 aromatic carbocycles. The van der Waals surface area contributed by atoms with Crippen molar-refractivity contribution in [2.24, 2.45) is 5.92 Å². The van der Waals surface area contributed by atoms with E-state index in [-0.39, 0.29) is 31.0 Å². The van der Waals surface area contributed by atoms with Crippen molar-refractivity contribution in [3.05, 3.63) is 35.4 Å². The van der Waals surface area contributed by atoms with E-state index in [4.69, 9.17) is 14.4 Å². The topological polar surface area (TPSA) is 101 Å². The highest BCUT2D eigenvalue weighted by atomic mass is 32.2. The Labute approximate surface area is 137 Å². The van der Waals surface area contributed by atoms with Gasteiger partial charge in [0.15, 0.2) is 0 Å². The molecule has 0 aliphatic rings. The number of carbonyl (C=O) groups is 1. The SMILES string of the molecule is CCC(CC(C)C(=O)OCCO)c1ccc(CS(=O)(=O)O)cc1. The van der Waals surface area contributed by atoms with Gasteiger partial charge in [-0.2, -0.15) is 8.42 Å². The maximum atomic E-state index is 11.8. The van der Waals surface area contributed by atoms with E-state index in [0.29, 0.717) is 12.0 Å². The van der Waals surface area contributed by atoms with Crippen molar-refractivity contribution in [1.29, 1.82) is 0 Å². The minimum atomic E-state index is -4.04. The van der Waals surface area contributed by atoms with Gasteiger partial charge in [-0.25, -0.2) is 0 Å². The van der Waals surface area contributed by atoms with Crippen molar-refractivity contribution in [3.63, 3.8) is 0 Å². The average molecular weight is 344 g/mol. The van der Waals surface area contributed by atoms with Crippen molar-refractivity contribution < 1.29 is 27.6 Å². The van der Waals surface area contributed by atoms with E-state index < -0.39 is 15.9 Å². The van der Waals surface area contributed by atoms with Crippen LogP contribution in [0.25, 0.3) is 0 Å². The Morgan fingerprint density at radius 1 is 1.26 bits per heavy atom. The fraction of sp³-hybridized carbons (Fsp3) is 0.562. The Morgan fingerprint density at radius 2 is 1.87 bits per heavy atom. The fourth-order valence-electron chi connectivity index (χ4n) is 2.45. The van der Waals surface area contributed by atoms with Crippen molar-refractivity contribution in [3.8, 4) is 0 Å². The molecule has 0 spiro atoms. The van der Waals surface area contributed by atoms with Crippen LogP contribution in [0.3, 0.4) is 0 Å². The molecule has 0 amide bonds. The molecule has 0 fully saturated rings. The molecule has 0 bridgehead atoms. The summed E-state index contributed by atoms with van der Waals surface area (Å²) in [6.45, 7) is 3.62. The second kappa shape index (κ2) is 9.00. The van der Waals surface area contributed by atoms with Crippen molar-refractivity contribution in [1.82, 2.24) is 0 Å². The standard InChI is InChI=1S/C16H24O6S/c1-3-14(10-12(2)16(18)22-9-8-17)15-6-4-13(5-7-15)11-23(19,20)21/h4-7,12,14,17H,3,8-11H2,1-2H3,(H,19,20,21). The summed E-state index contributed by atoms with van der Waals surface area (Å²) >= 11 is 0. The van der Waals surface area contributed by atoms with Gasteiger partial charge in [-0.3, -0.25) is 9.35 Å². The molecule has 2 unspecified atom stereocenters. The molecule has 0 heterocycles. The van der Waals surface area contributed by atoms with Crippen LogP contribution in [0.1, 0.15) is 43.7 Å². The maximum absolute atomic E-state index is 11.8. The molecule has 0 radical (unpaired) electrons. The van der Waals surface area contributed by atoms with Crippen LogP contribution >= 0.6 is 0 Å². The quantitative estimate of drug-likeness (QED) is 0.526. The molecule has 6 nitrogen and oxygen atoms in total. The molecule has 0 aromatic heterocycles. The molecule has 130 valence electrons.